The molecule has 0 atom stereocenters. The van der Waals surface area contributed by atoms with Crippen molar-refractivity contribution in [3.63, 3.8) is 0 Å². The van der Waals surface area contributed by atoms with Crippen molar-refractivity contribution in [1.29, 1.82) is 0 Å². The minimum atomic E-state index is -3.30. The van der Waals surface area contributed by atoms with Gasteiger partial charge in [0.05, 0.1) is 27.6 Å². The monoisotopic (exact) mass is 532 g/mol. The molecule has 2 heterocycles. The van der Waals surface area contributed by atoms with Crippen LogP contribution in [0, 0.1) is 0 Å². The molecule has 0 spiro atoms. The van der Waals surface area contributed by atoms with Crippen LogP contribution >= 0.6 is 34.5 Å². The van der Waals surface area contributed by atoms with Gasteiger partial charge in [0, 0.05) is 31.1 Å². The van der Waals surface area contributed by atoms with E-state index in [2.05, 4.69) is 10.6 Å². The number of thiophene rings is 1. The van der Waals surface area contributed by atoms with Crippen molar-refractivity contribution in [3.05, 3.63) is 44.8 Å². The fourth-order valence-electron chi connectivity index (χ4n) is 3.26. The lowest BCUT2D eigenvalue weighted by Crippen LogP contribution is -2.50. The van der Waals surface area contributed by atoms with Crippen LogP contribution in [0.5, 0.6) is 0 Å². The number of carbonyl (C=O) groups is 2. The molecule has 3 rings (SSSR count). The number of halogens is 2. The van der Waals surface area contributed by atoms with E-state index in [1.807, 2.05) is 20.8 Å². The summed E-state index contributed by atoms with van der Waals surface area (Å²) >= 11 is 13.5. The maximum Gasteiger partial charge on any atom is 0.324 e. The number of anilines is 2. The van der Waals surface area contributed by atoms with Crippen LogP contribution in [0.2, 0.25) is 10.0 Å². The number of amides is 3. The Morgan fingerprint density at radius 2 is 1.70 bits per heavy atom. The van der Waals surface area contributed by atoms with E-state index in [1.165, 1.54) is 15.6 Å². The zero-order chi connectivity index (χ0) is 24.6. The number of hydrogen-bond acceptors (Lipinski definition) is 5. The zero-order valence-electron chi connectivity index (χ0n) is 18.7. The first-order valence-electron chi connectivity index (χ1n) is 10.2. The van der Waals surface area contributed by atoms with Gasteiger partial charge in [0.1, 0.15) is 5.00 Å². The van der Waals surface area contributed by atoms with Crippen molar-refractivity contribution in [2.75, 3.05) is 43.1 Å². The molecule has 0 unspecified atom stereocenters. The van der Waals surface area contributed by atoms with Crippen molar-refractivity contribution in [2.45, 2.75) is 26.2 Å². The predicted molar refractivity (Wildman–Crippen MR) is 134 cm³/mol. The molecule has 8 nitrogen and oxygen atoms in total. The number of nitrogens with zero attached hydrogens (tertiary/aromatic N) is 2. The summed E-state index contributed by atoms with van der Waals surface area (Å²) in [5.41, 5.74) is 0.477. The van der Waals surface area contributed by atoms with E-state index >= 15 is 0 Å². The molecular weight excluding hydrogens is 507 g/mol. The second-order valence-corrected chi connectivity index (χ2v) is 12.6. The minimum Gasteiger partial charge on any atom is -0.336 e. The van der Waals surface area contributed by atoms with Gasteiger partial charge in [-0.15, -0.1) is 11.3 Å². The van der Waals surface area contributed by atoms with Gasteiger partial charge in [-0.2, -0.15) is 4.31 Å². The first kappa shape index (κ1) is 25.8. The van der Waals surface area contributed by atoms with Gasteiger partial charge in [-0.3, -0.25) is 10.1 Å². The van der Waals surface area contributed by atoms with Crippen LogP contribution in [0.25, 0.3) is 0 Å². The van der Waals surface area contributed by atoms with E-state index in [0.717, 1.165) is 11.1 Å². The number of hydrogen-bond donors (Lipinski definition) is 2. The number of benzene rings is 1. The Bertz CT molecular complexity index is 1170. The summed E-state index contributed by atoms with van der Waals surface area (Å²) in [6.07, 6.45) is 1.16. The molecule has 33 heavy (non-hydrogen) atoms. The Morgan fingerprint density at radius 3 is 2.27 bits per heavy atom. The molecule has 1 aliphatic heterocycles. The fourth-order valence-corrected chi connectivity index (χ4v) is 5.54. The molecule has 1 aromatic carbocycles. The first-order chi connectivity index (χ1) is 15.3. The maximum atomic E-state index is 13.3. The van der Waals surface area contributed by atoms with Gasteiger partial charge in [-0.05, 0) is 23.6 Å². The Hall–Kier alpha value is -1.85. The number of nitrogens with one attached hydrogen (secondary N) is 2. The topological polar surface area (TPSA) is 98.8 Å². The van der Waals surface area contributed by atoms with E-state index in [4.69, 9.17) is 23.2 Å². The molecule has 0 saturated carbocycles. The van der Waals surface area contributed by atoms with Crippen LogP contribution in [0.15, 0.2) is 24.3 Å². The smallest absolute Gasteiger partial charge is 0.324 e. The number of carbonyl (C=O) groups excluding carboxylic acids is 2. The van der Waals surface area contributed by atoms with Gasteiger partial charge in [-0.25, -0.2) is 13.2 Å². The van der Waals surface area contributed by atoms with Crippen molar-refractivity contribution >= 4 is 67.2 Å². The number of sulfonamides is 1. The Kier molecular flexibility index (Phi) is 7.65. The molecule has 2 aromatic rings. The summed E-state index contributed by atoms with van der Waals surface area (Å²) in [5, 5.41) is 6.36. The average molecular weight is 534 g/mol. The molecule has 1 aromatic heterocycles. The van der Waals surface area contributed by atoms with Crippen LogP contribution in [-0.4, -0.2) is 62.0 Å². The molecule has 2 N–H and O–H groups in total. The van der Waals surface area contributed by atoms with Crippen molar-refractivity contribution in [3.8, 4) is 0 Å². The number of piperazine rings is 1. The summed E-state index contributed by atoms with van der Waals surface area (Å²) in [6, 6.07) is 6.13. The number of rotatable bonds is 4. The molecule has 3 amide bonds. The maximum absolute atomic E-state index is 13.3. The van der Waals surface area contributed by atoms with E-state index in [0.29, 0.717) is 21.3 Å². The summed E-state index contributed by atoms with van der Waals surface area (Å²) in [5.74, 6) is -0.258. The van der Waals surface area contributed by atoms with Crippen LogP contribution in [0.3, 0.4) is 0 Å². The Morgan fingerprint density at radius 1 is 1.06 bits per heavy atom. The van der Waals surface area contributed by atoms with Gasteiger partial charge in [0.2, 0.25) is 10.0 Å². The van der Waals surface area contributed by atoms with E-state index in [9.17, 15) is 18.0 Å². The van der Waals surface area contributed by atoms with Crippen LogP contribution in [0.1, 0.15) is 36.0 Å². The standard InChI is InChI=1S/C21H26Cl2N4O4S2/c1-21(2,3)16-12-13(19(28)26-8-10-27(11-9-26)33(4,30)31)18(32-16)25-20(29)24-15-7-5-6-14(22)17(15)23/h5-7,12H,8-11H2,1-4H3,(H2,24,25,29). The Balaban J connectivity index is 1.82. The van der Waals surface area contributed by atoms with Crippen molar-refractivity contribution in [1.82, 2.24) is 9.21 Å². The summed E-state index contributed by atoms with van der Waals surface area (Å²) in [4.78, 5) is 28.5. The van der Waals surface area contributed by atoms with E-state index < -0.39 is 16.1 Å². The molecule has 1 fully saturated rings. The molecule has 0 radical (unpaired) electrons. The summed E-state index contributed by atoms with van der Waals surface area (Å²) in [7, 11) is -3.30. The Labute approximate surface area is 207 Å². The molecule has 12 heteroatoms. The lowest BCUT2D eigenvalue weighted by atomic mass is 9.94. The molecule has 1 saturated heterocycles. The van der Waals surface area contributed by atoms with Crippen LogP contribution < -0.4 is 10.6 Å². The minimum absolute atomic E-state index is 0.218. The normalized spacial score (nSPS) is 15.4. The van der Waals surface area contributed by atoms with Gasteiger partial charge in [-0.1, -0.05) is 50.0 Å². The lowest BCUT2D eigenvalue weighted by Gasteiger charge is -2.33. The third-order valence-corrected chi connectivity index (χ3v) is 8.72. The van der Waals surface area contributed by atoms with Gasteiger partial charge in [0.25, 0.3) is 5.91 Å². The van der Waals surface area contributed by atoms with E-state index in [1.54, 1.807) is 29.2 Å². The third-order valence-electron chi connectivity index (χ3n) is 5.12. The van der Waals surface area contributed by atoms with Gasteiger partial charge in [0.15, 0.2) is 0 Å². The zero-order valence-corrected chi connectivity index (χ0v) is 21.9. The predicted octanol–water partition coefficient (Wildman–Crippen LogP) is 4.71. The van der Waals surface area contributed by atoms with Gasteiger partial charge < -0.3 is 10.2 Å². The molecule has 0 aliphatic carbocycles. The largest absolute Gasteiger partial charge is 0.336 e. The van der Waals surface area contributed by atoms with Gasteiger partial charge >= 0.3 is 6.03 Å². The lowest BCUT2D eigenvalue weighted by molar-refractivity contribution is 0.0699. The molecule has 0 bridgehead atoms. The highest BCUT2D eigenvalue weighted by Gasteiger charge is 2.30. The number of urea groups is 1. The first-order valence-corrected chi connectivity index (χ1v) is 13.6. The SMILES string of the molecule is CC(C)(C)c1cc(C(=O)N2CCN(S(C)(=O)=O)CC2)c(NC(=O)Nc2cccc(Cl)c2Cl)s1. The molecular formula is C21H26Cl2N4O4S2. The highest BCUT2D eigenvalue weighted by molar-refractivity contribution is 7.88. The van der Waals surface area contributed by atoms with Crippen LogP contribution in [-0.2, 0) is 15.4 Å². The average Bonchev–Trinajstić information content (AvgIpc) is 3.14. The quantitative estimate of drug-likeness (QED) is 0.595. The van der Waals surface area contributed by atoms with Crippen molar-refractivity contribution in [2.24, 2.45) is 0 Å². The summed E-state index contributed by atoms with van der Waals surface area (Å²) < 4.78 is 24.9. The highest BCUT2D eigenvalue weighted by atomic mass is 35.5. The molecule has 1 aliphatic rings. The summed E-state index contributed by atoms with van der Waals surface area (Å²) in [6.45, 7) is 7.08. The third kappa shape index (κ3) is 6.19. The second-order valence-electron chi connectivity index (χ2n) is 8.74. The van der Waals surface area contributed by atoms with E-state index in [-0.39, 0.29) is 42.5 Å². The van der Waals surface area contributed by atoms with Crippen LogP contribution in [0.4, 0.5) is 15.5 Å². The second kappa shape index (κ2) is 9.79. The molecule has 180 valence electrons. The fraction of sp³-hybridized carbons (Fsp3) is 0.429. The van der Waals surface area contributed by atoms with Crippen molar-refractivity contribution < 1.29 is 18.0 Å². The highest BCUT2D eigenvalue weighted by Crippen LogP contribution is 2.37.